The van der Waals surface area contributed by atoms with Crippen molar-refractivity contribution >= 4 is 12.1 Å². The van der Waals surface area contributed by atoms with Gasteiger partial charge in [0, 0.05) is 0 Å². The van der Waals surface area contributed by atoms with Crippen molar-refractivity contribution in [2.45, 2.75) is 162 Å². The third kappa shape index (κ3) is 22.5. The fourth-order valence-electron chi connectivity index (χ4n) is 4.26. The van der Waals surface area contributed by atoms with E-state index >= 15 is 0 Å². The molecule has 0 spiro atoms. The zero-order valence-corrected chi connectivity index (χ0v) is 23.0. The number of esters is 1. The van der Waals surface area contributed by atoms with Crippen LogP contribution in [0.15, 0.2) is 0 Å². The standard InChI is InChI=1S/C29H57NO4/c1-4-7-9-11-12-13-14-15-16-17-18-19-20-21-22-24-26-34-28(31)27(25-23-10-8-5-2)30-29(32)33-6-3/h27H,4-26H2,1-3H3,(H,30,32). The number of rotatable bonds is 25. The summed E-state index contributed by atoms with van der Waals surface area (Å²) in [6.07, 6.45) is 25.5. The molecule has 0 rings (SSSR count). The maximum absolute atomic E-state index is 12.4. The molecule has 1 N–H and O–H groups in total. The molecule has 5 heteroatoms. The minimum atomic E-state index is -0.600. The number of ether oxygens (including phenoxy) is 2. The molecule has 1 unspecified atom stereocenters. The molecule has 1 atom stereocenters. The van der Waals surface area contributed by atoms with Crippen LogP contribution in [-0.2, 0) is 14.3 Å². The topological polar surface area (TPSA) is 64.6 Å². The monoisotopic (exact) mass is 483 g/mol. The molecule has 0 aromatic heterocycles. The van der Waals surface area contributed by atoms with Gasteiger partial charge >= 0.3 is 12.1 Å². The minimum Gasteiger partial charge on any atom is -0.464 e. The molecule has 0 bridgehead atoms. The zero-order chi connectivity index (χ0) is 25.1. The van der Waals surface area contributed by atoms with Crippen molar-refractivity contribution in [2.24, 2.45) is 0 Å². The third-order valence-electron chi connectivity index (χ3n) is 6.44. The van der Waals surface area contributed by atoms with Crippen LogP contribution >= 0.6 is 0 Å². The van der Waals surface area contributed by atoms with Gasteiger partial charge < -0.3 is 14.8 Å². The molecule has 0 heterocycles. The van der Waals surface area contributed by atoms with Crippen molar-refractivity contribution in [3.05, 3.63) is 0 Å². The van der Waals surface area contributed by atoms with E-state index in [4.69, 9.17) is 9.47 Å². The second-order valence-electron chi connectivity index (χ2n) is 9.74. The van der Waals surface area contributed by atoms with E-state index in [1.54, 1.807) is 6.92 Å². The molecule has 0 fully saturated rings. The van der Waals surface area contributed by atoms with E-state index in [0.717, 1.165) is 38.5 Å². The van der Waals surface area contributed by atoms with Crippen molar-refractivity contribution in [1.29, 1.82) is 0 Å². The summed E-state index contributed by atoms with van der Waals surface area (Å²) in [6.45, 7) is 6.92. The lowest BCUT2D eigenvalue weighted by atomic mass is 10.0. The highest BCUT2D eigenvalue weighted by atomic mass is 16.6. The Kier molecular flexibility index (Phi) is 25.4. The second-order valence-corrected chi connectivity index (χ2v) is 9.74. The lowest BCUT2D eigenvalue weighted by Gasteiger charge is -2.17. The summed E-state index contributed by atoms with van der Waals surface area (Å²) in [5.41, 5.74) is 0. The van der Waals surface area contributed by atoms with Crippen LogP contribution in [0.1, 0.15) is 156 Å². The zero-order valence-electron chi connectivity index (χ0n) is 23.0. The number of carbonyl (C=O) groups excluding carboxylic acids is 2. The van der Waals surface area contributed by atoms with Crippen LogP contribution < -0.4 is 5.32 Å². The maximum atomic E-state index is 12.4. The van der Waals surface area contributed by atoms with E-state index < -0.39 is 12.1 Å². The van der Waals surface area contributed by atoms with Gasteiger partial charge in [0.05, 0.1) is 13.2 Å². The van der Waals surface area contributed by atoms with Gasteiger partial charge in [0.2, 0.25) is 0 Å². The van der Waals surface area contributed by atoms with Crippen LogP contribution in [0.3, 0.4) is 0 Å². The largest absolute Gasteiger partial charge is 0.464 e. The first-order chi connectivity index (χ1) is 16.7. The van der Waals surface area contributed by atoms with Gasteiger partial charge in [-0.1, -0.05) is 136 Å². The lowest BCUT2D eigenvalue weighted by molar-refractivity contribution is -0.146. The van der Waals surface area contributed by atoms with Crippen LogP contribution in [0.25, 0.3) is 0 Å². The molecule has 0 aliphatic carbocycles. The summed E-state index contributed by atoms with van der Waals surface area (Å²) in [5, 5.41) is 2.67. The Bertz CT molecular complexity index is 455. The first-order valence-electron chi connectivity index (χ1n) is 14.8. The first-order valence-corrected chi connectivity index (χ1v) is 14.8. The van der Waals surface area contributed by atoms with Gasteiger partial charge in [-0.25, -0.2) is 9.59 Å². The van der Waals surface area contributed by atoms with E-state index in [1.165, 1.54) is 89.9 Å². The van der Waals surface area contributed by atoms with Gasteiger partial charge in [-0.2, -0.15) is 0 Å². The fraction of sp³-hybridized carbons (Fsp3) is 0.931. The predicted octanol–water partition coefficient (Wildman–Crippen LogP) is 8.88. The quantitative estimate of drug-likeness (QED) is 0.104. The molecule has 0 aliphatic heterocycles. The van der Waals surface area contributed by atoms with Crippen molar-refractivity contribution in [2.75, 3.05) is 13.2 Å². The van der Waals surface area contributed by atoms with Gasteiger partial charge in [-0.3, -0.25) is 0 Å². The van der Waals surface area contributed by atoms with E-state index in [0.29, 0.717) is 19.6 Å². The van der Waals surface area contributed by atoms with Crippen LogP contribution in [0.2, 0.25) is 0 Å². The highest BCUT2D eigenvalue weighted by molar-refractivity contribution is 5.81. The van der Waals surface area contributed by atoms with Crippen LogP contribution in [0.4, 0.5) is 4.79 Å². The second kappa shape index (κ2) is 26.3. The number of carbonyl (C=O) groups is 2. The molecule has 0 aromatic rings. The summed E-state index contributed by atoms with van der Waals surface area (Å²) >= 11 is 0. The van der Waals surface area contributed by atoms with Gasteiger partial charge in [0.1, 0.15) is 6.04 Å². The van der Waals surface area contributed by atoms with E-state index in [2.05, 4.69) is 19.2 Å². The molecular weight excluding hydrogens is 426 g/mol. The molecule has 0 aromatic carbocycles. The third-order valence-corrected chi connectivity index (χ3v) is 6.44. The number of unbranched alkanes of at least 4 members (excludes halogenated alkanes) is 18. The summed E-state index contributed by atoms with van der Waals surface area (Å²) in [7, 11) is 0. The first kappa shape index (κ1) is 32.7. The molecule has 202 valence electrons. The Morgan fingerprint density at radius 1 is 0.559 bits per heavy atom. The minimum absolute atomic E-state index is 0.294. The van der Waals surface area contributed by atoms with Gasteiger partial charge in [0.25, 0.3) is 0 Å². The van der Waals surface area contributed by atoms with Gasteiger partial charge in [0.15, 0.2) is 0 Å². The van der Waals surface area contributed by atoms with E-state index in [-0.39, 0.29) is 5.97 Å². The van der Waals surface area contributed by atoms with Crippen LogP contribution in [0, 0.1) is 0 Å². The van der Waals surface area contributed by atoms with Crippen LogP contribution in [0.5, 0.6) is 0 Å². The summed E-state index contributed by atoms with van der Waals surface area (Å²) in [6, 6.07) is -0.600. The molecule has 0 radical (unpaired) electrons. The Morgan fingerprint density at radius 2 is 0.971 bits per heavy atom. The van der Waals surface area contributed by atoms with Gasteiger partial charge in [-0.15, -0.1) is 0 Å². The summed E-state index contributed by atoms with van der Waals surface area (Å²) < 4.78 is 10.4. The summed E-state index contributed by atoms with van der Waals surface area (Å²) in [4.78, 5) is 24.2. The average Bonchev–Trinajstić information content (AvgIpc) is 2.83. The smallest absolute Gasteiger partial charge is 0.407 e. The average molecular weight is 484 g/mol. The van der Waals surface area contributed by atoms with E-state index in [1.807, 2.05) is 0 Å². The normalized spacial score (nSPS) is 11.9. The summed E-state index contributed by atoms with van der Waals surface area (Å²) in [5.74, 6) is -0.328. The fourth-order valence-corrected chi connectivity index (χ4v) is 4.26. The number of alkyl carbamates (subject to hydrolysis) is 1. The Balaban J connectivity index is 3.64. The predicted molar refractivity (Wildman–Crippen MR) is 143 cm³/mol. The SMILES string of the molecule is CCCCCCCCCCCCCCCCCCOC(=O)C(CCCCCC)NC(=O)OCC. The Labute approximate surface area is 211 Å². The van der Waals surface area contributed by atoms with Crippen molar-refractivity contribution < 1.29 is 19.1 Å². The van der Waals surface area contributed by atoms with Crippen molar-refractivity contribution in [3.63, 3.8) is 0 Å². The molecule has 0 saturated heterocycles. The molecule has 0 saturated carbocycles. The molecule has 5 nitrogen and oxygen atoms in total. The highest BCUT2D eigenvalue weighted by Gasteiger charge is 2.22. The lowest BCUT2D eigenvalue weighted by Crippen LogP contribution is -2.42. The van der Waals surface area contributed by atoms with Crippen molar-refractivity contribution in [1.82, 2.24) is 5.32 Å². The number of hydrogen-bond donors (Lipinski definition) is 1. The van der Waals surface area contributed by atoms with Gasteiger partial charge in [-0.05, 0) is 19.8 Å². The highest BCUT2D eigenvalue weighted by Crippen LogP contribution is 2.14. The number of hydrogen-bond acceptors (Lipinski definition) is 4. The number of nitrogens with one attached hydrogen (secondary N) is 1. The molecule has 0 aliphatic rings. The molecule has 1 amide bonds. The van der Waals surface area contributed by atoms with Crippen molar-refractivity contribution in [3.8, 4) is 0 Å². The Morgan fingerprint density at radius 3 is 1.41 bits per heavy atom. The van der Waals surface area contributed by atoms with Crippen LogP contribution in [-0.4, -0.2) is 31.3 Å². The molecule has 34 heavy (non-hydrogen) atoms. The Hall–Kier alpha value is -1.26. The molecular formula is C29H57NO4. The number of amides is 1. The maximum Gasteiger partial charge on any atom is 0.407 e. The van der Waals surface area contributed by atoms with E-state index in [9.17, 15) is 9.59 Å².